The maximum Gasteiger partial charge on any atom is 0.228 e. The number of hydrogen-bond donors (Lipinski definition) is 2. The van der Waals surface area contributed by atoms with E-state index in [1.807, 2.05) is 24.3 Å². The highest BCUT2D eigenvalue weighted by molar-refractivity contribution is 5.95. The molecule has 1 saturated heterocycles. The van der Waals surface area contributed by atoms with Crippen LogP contribution in [-0.4, -0.2) is 25.6 Å². The lowest BCUT2D eigenvalue weighted by molar-refractivity contribution is -0.118. The molecule has 2 fully saturated rings. The van der Waals surface area contributed by atoms with Gasteiger partial charge in [-0.05, 0) is 68.5 Å². The van der Waals surface area contributed by atoms with E-state index in [2.05, 4.69) is 17.6 Å². The van der Waals surface area contributed by atoms with Gasteiger partial charge in [-0.2, -0.15) is 0 Å². The minimum absolute atomic E-state index is 0. The highest BCUT2D eigenvalue weighted by Crippen LogP contribution is 2.58. The summed E-state index contributed by atoms with van der Waals surface area (Å²) in [7, 11) is 0. The molecule has 1 spiro atoms. The summed E-state index contributed by atoms with van der Waals surface area (Å²) in [4.78, 5) is 12.3. The van der Waals surface area contributed by atoms with Crippen LogP contribution in [0.4, 0.5) is 5.69 Å². The van der Waals surface area contributed by atoms with E-state index in [-0.39, 0.29) is 24.2 Å². The predicted molar refractivity (Wildman–Crippen MR) is 90.7 cm³/mol. The number of nitrogens with one attached hydrogen (secondary N) is 2. The summed E-state index contributed by atoms with van der Waals surface area (Å²) in [6, 6.07) is 7.66. The number of carbonyl (C=O) groups excluding carboxylic acids is 1. The second-order valence-corrected chi connectivity index (χ2v) is 6.23. The normalized spacial score (nSPS) is 21.8. The van der Waals surface area contributed by atoms with Crippen LogP contribution in [-0.2, 0) is 4.79 Å². The molecular weight excluding hydrogens is 300 g/mol. The predicted octanol–water partition coefficient (Wildman–Crippen LogP) is 3.23. The van der Waals surface area contributed by atoms with Crippen LogP contribution in [0.15, 0.2) is 24.3 Å². The van der Waals surface area contributed by atoms with Crippen LogP contribution in [0.3, 0.4) is 0 Å². The Labute approximate surface area is 138 Å². The molecule has 122 valence electrons. The first-order valence-corrected chi connectivity index (χ1v) is 7.98. The molecule has 4 nitrogen and oxygen atoms in total. The van der Waals surface area contributed by atoms with Crippen molar-refractivity contribution in [1.82, 2.24) is 5.32 Å². The molecule has 1 aromatic rings. The number of rotatable bonds is 5. The minimum atomic E-state index is 0. The average Bonchev–Trinajstić information content (AvgIpc) is 3.21. The van der Waals surface area contributed by atoms with Gasteiger partial charge in [0.15, 0.2) is 0 Å². The number of ether oxygens (including phenoxy) is 1. The summed E-state index contributed by atoms with van der Waals surface area (Å²) >= 11 is 0. The van der Waals surface area contributed by atoms with E-state index < -0.39 is 0 Å². The fourth-order valence-electron chi connectivity index (χ4n) is 3.28. The highest BCUT2D eigenvalue weighted by Gasteiger charge is 2.57. The van der Waals surface area contributed by atoms with Gasteiger partial charge in [0.1, 0.15) is 5.75 Å². The molecule has 0 bridgehead atoms. The van der Waals surface area contributed by atoms with E-state index in [1.54, 1.807) is 0 Å². The third-order valence-electron chi connectivity index (χ3n) is 4.70. The second-order valence-electron chi connectivity index (χ2n) is 6.23. The molecule has 1 aliphatic heterocycles. The molecule has 1 saturated carbocycles. The molecule has 1 aliphatic carbocycles. The average molecular weight is 325 g/mol. The van der Waals surface area contributed by atoms with Crippen LogP contribution >= 0.6 is 12.4 Å². The van der Waals surface area contributed by atoms with Crippen LogP contribution in [0.5, 0.6) is 5.75 Å². The van der Waals surface area contributed by atoms with Crippen molar-refractivity contribution in [1.29, 1.82) is 0 Å². The van der Waals surface area contributed by atoms with Crippen LogP contribution in [0, 0.1) is 11.3 Å². The topological polar surface area (TPSA) is 50.4 Å². The van der Waals surface area contributed by atoms with Crippen LogP contribution in [0.1, 0.15) is 32.6 Å². The van der Waals surface area contributed by atoms with Crippen molar-refractivity contribution in [2.45, 2.75) is 32.6 Å². The Morgan fingerprint density at radius 1 is 1.32 bits per heavy atom. The van der Waals surface area contributed by atoms with Gasteiger partial charge >= 0.3 is 0 Å². The van der Waals surface area contributed by atoms with Crippen molar-refractivity contribution in [3.63, 3.8) is 0 Å². The third kappa shape index (κ3) is 3.73. The van der Waals surface area contributed by atoms with Crippen molar-refractivity contribution in [3.8, 4) is 5.75 Å². The molecule has 2 aliphatic rings. The van der Waals surface area contributed by atoms with E-state index >= 15 is 0 Å². The van der Waals surface area contributed by atoms with Gasteiger partial charge in [-0.3, -0.25) is 4.79 Å². The van der Waals surface area contributed by atoms with E-state index in [0.717, 1.165) is 56.8 Å². The second kappa shape index (κ2) is 7.34. The first-order chi connectivity index (χ1) is 10.2. The summed E-state index contributed by atoms with van der Waals surface area (Å²) in [5.41, 5.74) is 1.15. The third-order valence-corrected chi connectivity index (χ3v) is 4.70. The van der Waals surface area contributed by atoms with Crippen LogP contribution in [0.25, 0.3) is 0 Å². The lowest BCUT2D eigenvalue weighted by atomic mass is 9.92. The standard InChI is InChI=1S/C17H24N2O2.ClH/c1-2-11-21-14-5-3-13(4-6-14)19-16(20)15-12-17(15)7-9-18-10-8-17;/h3-6,15,18H,2,7-12H2,1H3,(H,19,20);1H. The Hall–Kier alpha value is -1.26. The number of anilines is 1. The van der Waals surface area contributed by atoms with Crippen molar-refractivity contribution in [2.24, 2.45) is 11.3 Å². The number of halogens is 1. The monoisotopic (exact) mass is 324 g/mol. The lowest BCUT2D eigenvalue weighted by Gasteiger charge is -2.23. The summed E-state index contributed by atoms with van der Waals surface area (Å²) in [5, 5.41) is 6.41. The fourth-order valence-corrected chi connectivity index (χ4v) is 3.28. The van der Waals surface area contributed by atoms with Crippen molar-refractivity contribution >= 4 is 24.0 Å². The zero-order valence-electron chi connectivity index (χ0n) is 13.1. The number of amides is 1. The van der Waals surface area contributed by atoms with Crippen LogP contribution < -0.4 is 15.4 Å². The molecule has 2 N–H and O–H groups in total. The maximum absolute atomic E-state index is 12.3. The quantitative estimate of drug-likeness (QED) is 0.874. The van der Waals surface area contributed by atoms with Gasteiger partial charge in [-0.1, -0.05) is 6.92 Å². The van der Waals surface area contributed by atoms with Crippen molar-refractivity contribution in [3.05, 3.63) is 24.3 Å². The zero-order valence-corrected chi connectivity index (χ0v) is 13.9. The maximum atomic E-state index is 12.3. The largest absolute Gasteiger partial charge is 0.494 e. The van der Waals surface area contributed by atoms with Crippen molar-refractivity contribution in [2.75, 3.05) is 25.0 Å². The lowest BCUT2D eigenvalue weighted by Crippen LogP contribution is -2.31. The van der Waals surface area contributed by atoms with Gasteiger partial charge < -0.3 is 15.4 Å². The van der Waals surface area contributed by atoms with Crippen molar-refractivity contribution < 1.29 is 9.53 Å². The fraction of sp³-hybridized carbons (Fsp3) is 0.588. The Kier molecular flexibility index (Phi) is 5.70. The van der Waals surface area contributed by atoms with E-state index in [9.17, 15) is 4.79 Å². The highest BCUT2D eigenvalue weighted by atomic mass is 35.5. The molecule has 5 heteroatoms. The molecule has 0 radical (unpaired) electrons. The number of hydrogen-bond acceptors (Lipinski definition) is 3. The van der Waals surface area contributed by atoms with Gasteiger partial charge in [0.2, 0.25) is 5.91 Å². The first-order valence-electron chi connectivity index (χ1n) is 7.98. The minimum Gasteiger partial charge on any atom is -0.494 e. The van der Waals surface area contributed by atoms with Gasteiger partial charge in [0.05, 0.1) is 6.61 Å². The zero-order chi connectivity index (χ0) is 14.7. The molecule has 0 aromatic heterocycles. The number of piperidine rings is 1. The Morgan fingerprint density at radius 3 is 2.64 bits per heavy atom. The summed E-state index contributed by atoms with van der Waals surface area (Å²) in [5.74, 6) is 1.24. The first kappa shape index (κ1) is 17.1. The number of benzene rings is 1. The van der Waals surface area contributed by atoms with E-state index in [0.29, 0.717) is 5.41 Å². The molecule has 1 amide bonds. The molecule has 22 heavy (non-hydrogen) atoms. The smallest absolute Gasteiger partial charge is 0.228 e. The Bertz CT molecular complexity index is 498. The molecule has 3 rings (SSSR count). The van der Waals surface area contributed by atoms with Gasteiger partial charge in [0, 0.05) is 11.6 Å². The van der Waals surface area contributed by atoms with E-state index in [4.69, 9.17) is 4.74 Å². The van der Waals surface area contributed by atoms with Gasteiger partial charge in [-0.25, -0.2) is 0 Å². The Balaban J connectivity index is 0.00000176. The molecular formula is C17H25ClN2O2. The SMILES string of the molecule is CCCOc1ccc(NC(=O)C2CC23CCNCC3)cc1.Cl. The number of carbonyl (C=O) groups is 1. The molecule has 1 atom stereocenters. The Morgan fingerprint density at radius 2 is 2.00 bits per heavy atom. The van der Waals surface area contributed by atoms with E-state index in [1.165, 1.54) is 0 Å². The van der Waals surface area contributed by atoms with Gasteiger partial charge in [-0.15, -0.1) is 12.4 Å². The summed E-state index contributed by atoms with van der Waals surface area (Å²) < 4.78 is 5.55. The van der Waals surface area contributed by atoms with Crippen LogP contribution in [0.2, 0.25) is 0 Å². The molecule has 1 aromatic carbocycles. The van der Waals surface area contributed by atoms with Gasteiger partial charge in [0.25, 0.3) is 0 Å². The summed E-state index contributed by atoms with van der Waals surface area (Å²) in [6.07, 6.45) is 4.32. The molecule has 1 heterocycles. The molecule has 1 unspecified atom stereocenters. The summed E-state index contributed by atoms with van der Waals surface area (Å²) in [6.45, 7) is 4.91.